The number of rotatable bonds is 7. The van der Waals surface area contributed by atoms with Crippen LogP contribution in [-0.4, -0.2) is 22.6 Å². The molecule has 0 saturated carbocycles. The van der Waals surface area contributed by atoms with Crippen molar-refractivity contribution in [1.29, 1.82) is 0 Å². The lowest BCUT2D eigenvalue weighted by Gasteiger charge is -2.18. The predicted molar refractivity (Wildman–Crippen MR) is 89.1 cm³/mol. The first-order valence-electron chi connectivity index (χ1n) is 6.92. The number of hydrogen-bond donors (Lipinski definition) is 1. The van der Waals surface area contributed by atoms with Gasteiger partial charge in [0, 0.05) is 17.2 Å². The van der Waals surface area contributed by atoms with Crippen LogP contribution in [-0.2, 0) is 6.54 Å². The van der Waals surface area contributed by atoms with E-state index < -0.39 is 0 Å². The van der Waals surface area contributed by atoms with Gasteiger partial charge < -0.3 is 5.32 Å². The number of thioether (sulfide) groups is 1. The second-order valence-corrected chi connectivity index (χ2v) is 6.65. The van der Waals surface area contributed by atoms with Crippen LogP contribution in [0.2, 0.25) is 0 Å². The Labute approximate surface area is 137 Å². The van der Waals surface area contributed by atoms with Crippen molar-refractivity contribution in [2.75, 3.05) is 12.8 Å². The largest absolute Gasteiger partial charge is 0.311 e. The fraction of sp³-hybridized carbons (Fsp3) is 0.400. The van der Waals surface area contributed by atoms with Crippen molar-refractivity contribution in [3.8, 4) is 0 Å². The van der Waals surface area contributed by atoms with Gasteiger partial charge in [-0.3, -0.25) is 4.68 Å². The van der Waals surface area contributed by atoms with Crippen LogP contribution in [0.1, 0.15) is 25.1 Å². The minimum Gasteiger partial charge on any atom is -0.311 e. The van der Waals surface area contributed by atoms with Crippen LogP contribution in [0.15, 0.2) is 39.8 Å². The van der Waals surface area contributed by atoms with Crippen molar-refractivity contribution in [3.05, 3.63) is 46.4 Å². The number of nitrogens with one attached hydrogen (secondary N) is 1. The third-order valence-electron chi connectivity index (χ3n) is 3.18. The summed E-state index contributed by atoms with van der Waals surface area (Å²) in [4.78, 5) is 1.06. The molecule has 0 amide bonds. The molecule has 1 aromatic heterocycles. The topological polar surface area (TPSA) is 29.9 Å². The van der Waals surface area contributed by atoms with Crippen LogP contribution in [0.3, 0.4) is 0 Å². The van der Waals surface area contributed by atoms with Crippen LogP contribution in [0, 0.1) is 5.82 Å². The highest BCUT2D eigenvalue weighted by Crippen LogP contribution is 2.29. The molecule has 0 aliphatic heterocycles. The van der Waals surface area contributed by atoms with Crippen molar-refractivity contribution in [2.24, 2.45) is 0 Å². The van der Waals surface area contributed by atoms with E-state index in [-0.39, 0.29) is 11.9 Å². The Morgan fingerprint density at radius 2 is 2.10 bits per heavy atom. The van der Waals surface area contributed by atoms with Crippen molar-refractivity contribution < 1.29 is 4.39 Å². The molecule has 0 bridgehead atoms. The Morgan fingerprint density at radius 1 is 1.38 bits per heavy atom. The van der Waals surface area contributed by atoms with Gasteiger partial charge in [0.05, 0.1) is 22.4 Å². The second kappa shape index (κ2) is 7.96. The fourth-order valence-electron chi connectivity index (χ4n) is 2.12. The minimum absolute atomic E-state index is 0.184. The van der Waals surface area contributed by atoms with Gasteiger partial charge in [-0.1, -0.05) is 6.92 Å². The van der Waals surface area contributed by atoms with Gasteiger partial charge in [-0.2, -0.15) is 5.10 Å². The summed E-state index contributed by atoms with van der Waals surface area (Å²) in [7, 11) is 1.95. The van der Waals surface area contributed by atoms with Gasteiger partial charge >= 0.3 is 0 Å². The van der Waals surface area contributed by atoms with Crippen molar-refractivity contribution in [1.82, 2.24) is 15.1 Å². The molecule has 0 spiro atoms. The standard InChI is InChI=1S/C15H19BrFN3S/c1-3-8-20-15(13(16)9-19-20)14(18-2)10-21-12-6-4-11(17)5-7-12/h4-7,9,14,18H,3,8,10H2,1-2H3. The van der Waals surface area contributed by atoms with Crippen LogP contribution >= 0.6 is 27.7 Å². The number of nitrogens with zero attached hydrogens (tertiary/aromatic N) is 2. The Kier molecular flexibility index (Phi) is 6.26. The molecule has 2 aromatic rings. The Hall–Kier alpha value is -0.850. The van der Waals surface area contributed by atoms with Gasteiger partial charge in [-0.25, -0.2) is 4.39 Å². The van der Waals surface area contributed by atoms with Crippen LogP contribution in [0.25, 0.3) is 0 Å². The molecule has 3 nitrogen and oxygen atoms in total. The van der Waals surface area contributed by atoms with Gasteiger partial charge in [0.1, 0.15) is 5.82 Å². The monoisotopic (exact) mass is 371 g/mol. The summed E-state index contributed by atoms with van der Waals surface area (Å²) in [5.41, 5.74) is 1.16. The maximum absolute atomic E-state index is 12.9. The van der Waals surface area contributed by atoms with E-state index in [0.29, 0.717) is 0 Å². The molecule has 1 aromatic carbocycles. The van der Waals surface area contributed by atoms with Gasteiger partial charge in [0.25, 0.3) is 0 Å². The summed E-state index contributed by atoms with van der Waals surface area (Å²) >= 11 is 5.29. The van der Waals surface area contributed by atoms with Crippen molar-refractivity contribution in [2.45, 2.75) is 30.8 Å². The summed E-state index contributed by atoms with van der Waals surface area (Å²) in [5.74, 6) is 0.657. The van der Waals surface area contributed by atoms with Crippen LogP contribution < -0.4 is 5.32 Å². The summed E-state index contributed by atoms with van der Waals surface area (Å²) < 4.78 is 16.0. The molecule has 1 atom stereocenters. The molecule has 1 N–H and O–H groups in total. The molecule has 0 fully saturated rings. The Morgan fingerprint density at radius 3 is 2.71 bits per heavy atom. The third-order valence-corrected chi connectivity index (χ3v) is 4.89. The van der Waals surface area contributed by atoms with Crippen molar-refractivity contribution >= 4 is 27.7 Å². The van der Waals surface area contributed by atoms with E-state index in [0.717, 1.165) is 33.8 Å². The number of hydrogen-bond acceptors (Lipinski definition) is 3. The molecule has 0 aliphatic carbocycles. The van der Waals surface area contributed by atoms with Crippen LogP contribution in [0.5, 0.6) is 0 Å². The predicted octanol–water partition coefficient (Wildman–Crippen LogP) is 4.25. The SMILES string of the molecule is CCCn1ncc(Br)c1C(CSc1ccc(F)cc1)NC. The first-order chi connectivity index (χ1) is 10.2. The fourth-order valence-corrected chi connectivity index (χ4v) is 3.70. The molecule has 6 heteroatoms. The lowest BCUT2D eigenvalue weighted by molar-refractivity contribution is 0.523. The molecule has 0 radical (unpaired) electrons. The maximum atomic E-state index is 12.9. The van der Waals surface area contributed by atoms with Gasteiger partial charge in [-0.05, 0) is 53.7 Å². The highest BCUT2D eigenvalue weighted by atomic mass is 79.9. The third kappa shape index (κ3) is 4.31. The van der Waals surface area contributed by atoms with Crippen LogP contribution in [0.4, 0.5) is 4.39 Å². The zero-order valence-electron chi connectivity index (χ0n) is 12.1. The summed E-state index contributed by atoms with van der Waals surface area (Å²) in [6, 6.07) is 6.79. The summed E-state index contributed by atoms with van der Waals surface area (Å²) in [6.07, 6.45) is 2.89. The molecule has 2 rings (SSSR count). The molecular weight excluding hydrogens is 353 g/mol. The normalized spacial score (nSPS) is 12.6. The Balaban J connectivity index is 2.09. The van der Waals surface area contributed by atoms with E-state index in [2.05, 4.69) is 33.3 Å². The zero-order valence-corrected chi connectivity index (χ0v) is 14.5. The Bertz CT molecular complexity index is 571. The average molecular weight is 372 g/mol. The van der Waals surface area contributed by atoms with E-state index in [4.69, 9.17) is 0 Å². The molecule has 21 heavy (non-hydrogen) atoms. The van der Waals surface area contributed by atoms with E-state index in [9.17, 15) is 4.39 Å². The number of aromatic nitrogens is 2. The van der Waals surface area contributed by atoms with E-state index >= 15 is 0 Å². The average Bonchev–Trinajstić information content (AvgIpc) is 2.84. The lowest BCUT2D eigenvalue weighted by Crippen LogP contribution is -2.23. The van der Waals surface area contributed by atoms with E-state index in [1.807, 2.05) is 30.1 Å². The van der Waals surface area contributed by atoms with Crippen molar-refractivity contribution in [3.63, 3.8) is 0 Å². The van der Waals surface area contributed by atoms with Gasteiger partial charge in [0.2, 0.25) is 0 Å². The highest BCUT2D eigenvalue weighted by Gasteiger charge is 2.18. The molecule has 114 valence electrons. The first kappa shape index (κ1) is 16.5. The molecule has 1 unspecified atom stereocenters. The van der Waals surface area contributed by atoms with Gasteiger partial charge in [0.15, 0.2) is 0 Å². The number of aryl methyl sites for hydroxylation is 1. The smallest absolute Gasteiger partial charge is 0.123 e. The quantitative estimate of drug-likeness (QED) is 0.737. The minimum atomic E-state index is -0.201. The summed E-state index contributed by atoms with van der Waals surface area (Å²) in [5, 5.41) is 7.75. The number of halogens is 2. The lowest BCUT2D eigenvalue weighted by atomic mass is 10.2. The maximum Gasteiger partial charge on any atom is 0.123 e. The molecular formula is C15H19BrFN3S. The van der Waals surface area contributed by atoms with Gasteiger partial charge in [-0.15, -0.1) is 11.8 Å². The summed E-state index contributed by atoms with van der Waals surface area (Å²) in [6.45, 7) is 3.04. The first-order valence-corrected chi connectivity index (χ1v) is 8.70. The second-order valence-electron chi connectivity index (χ2n) is 4.71. The number of benzene rings is 1. The molecule has 0 aliphatic rings. The highest BCUT2D eigenvalue weighted by molar-refractivity contribution is 9.10. The van der Waals surface area contributed by atoms with E-state index in [1.54, 1.807) is 11.8 Å². The zero-order chi connectivity index (χ0) is 15.2. The molecule has 0 saturated heterocycles. The molecule has 1 heterocycles. The van der Waals surface area contributed by atoms with E-state index in [1.165, 1.54) is 12.1 Å².